The Balaban J connectivity index is 1.81. The molecule has 4 heteroatoms. The van der Waals surface area contributed by atoms with Gasteiger partial charge < -0.3 is 15.8 Å². The van der Waals surface area contributed by atoms with Gasteiger partial charge in [0.1, 0.15) is 5.75 Å². The predicted molar refractivity (Wildman–Crippen MR) is 85.5 cm³/mol. The number of nitrogens with two attached hydrogens (primary N) is 1. The van der Waals surface area contributed by atoms with Gasteiger partial charge in [0, 0.05) is 11.4 Å². The number of benzene rings is 2. The molecule has 21 heavy (non-hydrogen) atoms. The fourth-order valence-corrected chi connectivity index (χ4v) is 1.99. The number of hydrogen-bond donors (Lipinski definition) is 2. The summed E-state index contributed by atoms with van der Waals surface area (Å²) in [6.07, 6.45) is 0.303. The van der Waals surface area contributed by atoms with Gasteiger partial charge in [-0.2, -0.15) is 0 Å². The number of hydrogen-bond acceptors (Lipinski definition) is 3. The second kappa shape index (κ2) is 6.79. The average Bonchev–Trinajstić information content (AvgIpc) is 2.44. The summed E-state index contributed by atoms with van der Waals surface area (Å²) in [6, 6.07) is 13.1. The van der Waals surface area contributed by atoms with Crippen LogP contribution in [0.1, 0.15) is 17.5 Å². The van der Waals surface area contributed by atoms with E-state index in [0.717, 1.165) is 11.3 Å². The first-order valence-corrected chi connectivity index (χ1v) is 6.90. The Morgan fingerprint density at radius 2 is 1.86 bits per heavy atom. The van der Waals surface area contributed by atoms with E-state index in [2.05, 4.69) is 5.32 Å². The molecule has 0 saturated carbocycles. The molecule has 4 nitrogen and oxygen atoms in total. The van der Waals surface area contributed by atoms with Crippen LogP contribution >= 0.6 is 0 Å². The smallest absolute Gasteiger partial charge is 0.227 e. The van der Waals surface area contributed by atoms with E-state index in [9.17, 15) is 4.79 Å². The van der Waals surface area contributed by atoms with Crippen LogP contribution in [0.5, 0.6) is 5.75 Å². The van der Waals surface area contributed by atoms with Gasteiger partial charge in [-0.1, -0.05) is 17.7 Å². The van der Waals surface area contributed by atoms with Crippen molar-refractivity contribution >= 4 is 17.3 Å². The zero-order valence-electron chi connectivity index (χ0n) is 12.3. The molecule has 2 aromatic carbocycles. The van der Waals surface area contributed by atoms with Crippen molar-refractivity contribution in [2.75, 3.05) is 17.7 Å². The summed E-state index contributed by atoms with van der Waals surface area (Å²) < 4.78 is 5.50. The van der Waals surface area contributed by atoms with E-state index in [1.54, 1.807) is 24.3 Å². The van der Waals surface area contributed by atoms with Gasteiger partial charge in [0.05, 0.1) is 13.0 Å². The molecule has 0 aliphatic rings. The van der Waals surface area contributed by atoms with E-state index in [-0.39, 0.29) is 5.91 Å². The second-order valence-corrected chi connectivity index (χ2v) is 5.03. The number of amides is 1. The summed E-state index contributed by atoms with van der Waals surface area (Å²) in [4.78, 5) is 11.9. The first kappa shape index (κ1) is 14.9. The maximum absolute atomic E-state index is 11.9. The lowest BCUT2D eigenvalue weighted by Crippen LogP contribution is -2.15. The maximum atomic E-state index is 11.9. The Bertz CT molecular complexity index is 621. The van der Waals surface area contributed by atoms with Gasteiger partial charge in [-0.05, 0) is 49.7 Å². The van der Waals surface area contributed by atoms with E-state index in [4.69, 9.17) is 10.5 Å². The quantitative estimate of drug-likeness (QED) is 0.828. The summed E-state index contributed by atoms with van der Waals surface area (Å²) in [5.41, 5.74) is 9.37. The largest absolute Gasteiger partial charge is 0.493 e. The highest BCUT2D eigenvalue weighted by atomic mass is 16.5. The molecule has 0 fully saturated rings. The first-order valence-electron chi connectivity index (χ1n) is 6.90. The Morgan fingerprint density at radius 3 is 2.52 bits per heavy atom. The van der Waals surface area contributed by atoms with Gasteiger partial charge in [-0.25, -0.2) is 0 Å². The van der Waals surface area contributed by atoms with Gasteiger partial charge >= 0.3 is 0 Å². The molecule has 0 heterocycles. The molecule has 0 spiro atoms. The lowest BCUT2D eigenvalue weighted by Gasteiger charge is -2.10. The number of ether oxygens (including phenoxy) is 1. The molecule has 110 valence electrons. The summed E-state index contributed by atoms with van der Waals surface area (Å²) >= 11 is 0. The predicted octanol–water partition coefficient (Wildman–Crippen LogP) is 3.29. The summed E-state index contributed by atoms with van der Waals surface area (Å²) in [7, 11) is 0. The number of nitrogens with one attached hydrogen (secondary N) is 1. The van der Waals surface area contributed by atoms with E-state index >= 15 is 0 Å². The van der Waals surface area contributed by atoms with Crippen LogP contribution < -0.4 is 15.8 Å². The van der Waals surface area contributed by atoms with Crippen molar-refractivity contribution in [1.82, 2.24) is 0 Å². The summed E-state index contributed by atoms with van der Waals surface area (Å²) in [5, 5.41) is 2.89. The molecule has 0 saturated heterocycles. The highest BCUT2D eigenvalue weighted by Crippen LogP contribution is 2.16. The molecular weight excluding hydrogens is 264 g/mol. The second-order valence-electron chi connectivity index (χ2n) is 5.03. The van der Waals surface area contributed by atoms with E-state index in [0.29, 0.717) is 24.5 Å². The molecule has 2 rings (SSSR count). The van der Waals surface area contributed by atoms with Crippen LogP contribution in [0.15, 0.2) is 42.5 Å². The van der Waals surface area contributed by atoms with Gasteiger partial charge in [0.15, 0.2) is 0 Å². The molecule has 0 aliphatic heterocycles. The molecule has 0 aliphatic carbocycles. The zero-order chi connectivity index (χ0) is 15.2. The maximum Gasteiger partial charge on any atom is 0.227 e. The first-order chi connectivity index (χ1) is 10.0. The van der Waals surface area contributed by atoms with Crippen LogP contribution in [0, 0.1) is 13.8 Å². The van der Waals surface area contributed by atoms with Crippen LogP contribution in [-0.2, 0) is 4.79 Å². The van der Waals surface area contributed by atoms with Crippen LogP contribution in [0.3, 0.4) is 0 Å². The van der Waals surface area contributed by atoms with E-state index < -0.39 is 0 Å². The zero-order valence-corrected chi connectivity index (χ0v) is 12.3. The Morgan fingerprint density at radius 1 is 1.14 bits per heavy atom. The monoisotopic (exact) mass is 284 g/mol. The normalized spacial score (nSPS) is 10.2. The van der Waals surface area contributed by atoms with Crippen molar-refractivity contribution in [3.05, 3.63) is 53.6 Å². The summed E-state index contributed by atoms with van der Waals surface area (Å²) in [5.74, 6) is 0.654. The van der Waals surface area contributed by atoms with Crippen molar-refractivity contribution in [2.45, 2.75) is 20.3 Å². The molecule has 0 atom stereocenters. The van der Waals surface area contributed by atoms with Crippen LogP contribution in [0.2, 0.25) is 0 Å². The highest BCUT2D eigenvalue weighted by molar-refractivity contribution is 5.91. The molecule has 0 radical (unpaired) electrons. The number of rotatable bonds is 5. The number of carbonyl (C=O) groups is 1. The van der Waals surface area contributed by atoms with Crippen LogP contribution in [-0.4, -0.2) is 12.5 Å². The minimum Gasteiger partial charge on any atom is -0.493 e. The van der Waals surface area contributed by atoms with Crippen molar-refractivity contribution < 1.29 is 9.53 Å². The van der Waals surface area contributed by atoms with Gasteiger partial charge in [0.2, 0.25) is 5.91 Å². The average molecular weight is 284 g/mol. The number of anilines is 2. The molecule has 0 aromatic heterocycles. The topological polar surface area (TPSA) is 64.3 Å². The number of nitrogen functional groups attached to an aromatic ring is 1. The van der Waals surface area contributed by atoms with Gasteiger partial charge in [-0.3, -0.25) is 4.79 Å². The Labute approximate surface area is 124 Å². The Kier molecular flexibility index (Phi) is 4.82. The molecule has 1 amide bonds. The van der Waals surface area contributed by atoms with Gasteiger partial charge in [0.25, 0.3) is 0 Å². The SMILES string of the molecule is Cc1ccc(NC(=O)CCOc2ccc(N)cc2)c(C)c1. The number of aryl methyl sites for hydroxylation is 2. The fourth-order valence-electron chi connectivity index (χ4n) is 1.99. The lowest BCUT2D eigenvalue weighted by molar-refractivity contribution is -0.116. The Hall–Kier alpha value is -2.49. The number of carbonyl (C=O) groups excluding carboxylic acids is 1. The van der Waals surface area contributed by atoms with Crippen LogP contribution in [0.25, 0.3) is 0 Å². The summed E-state index contributed by atoms with van der Waals surface area (Å²) in [6.45, 7) is 4.34. The van der Waals surface area contributed by atoms with Crippen molar-refractivity contribution in [3.8, 4) is 5.75 Å². The van der Waals surface area contributed by atoms with Gasteiger partial charge in [-0.15, -0.1) is 0 Å². The molecule has 0 unspecified atom stereocenters. The minimum absolute atomic E-state index is 0.0580. The third-order valence-corrected chi connectivity index (χ3v) is 3.13. The van der Waals surface area contributed by atoms with E-state index in [1.165, 1.54) is 5.56 Å². The fraction of sp³-hybridized carbons (Fsp3) is 0.235. The minimum atomic E-state index is -0.0580. The van der Waals surface area contributed by atoms with Crippen molar-refractivity contribution in [3.63, 3.8) is 0 Å². The standard InChI is InChI=1S/C17H20N2O2/c1-12-3-8-16(13(2)11-12)19-17(20)9-10-21-15-6-4-14(18)5-7-15/h3-8,11H,9-10,18H2,1-2H3,(H,19,20). The third kappa shape index (κ3) is 4.53. The van der Waals surface area contributed by atoms with Crippen LogP contribution in [0.4, 0.5) is 11.4 Å². The van der Waals surface area contributed by atoms with Crippen molar-refractivity contribution in [1.29, 1.82) is 0 Å². The third-order valence-electron chi connectivity index (χ3n) is 3.13. The highest BCUT2D eigenvalue weighted by Gasteiger charge is 2.05. The molecular formula is C17H20N2O2. The molecule has 0 bridgehead atoms. The molecule has 2 aromatic rings. The van der Waals surface area contributed by atoms with E-state index in [1.807, 2.05) is 32.0 Å². The van der Waals surface area contributed by atoms with Crippen molar-refractivity contribution in [2.24, 2.45) is 0 Å². The molecule has 3 N–H and O–H groups in total. The lowest BCUT2D eigenvalue weighted by atomic mass is 10.1.